The largest absolute Gasteiger partial charge is 0.312 e. The van der Waals surface area contributed by atoms with E-state index in [9.17, 15) is 0 Å². The molecule has 19 heavy (non-hydrogen) atoms. The molecule has 0 aliphatic heterocycles. The number of rotatable bonds is 8. The van der Waals surface area contributed by atoms with Crippen molar-refractivity contribution in [2.45, 2.75) is 51.6 Å². The minimum absolute atomic E-state index is 0.155. The molecule has 0 bridgehead atoms. The van der Waals surface area contributed by atoms with Gasteiger partial charge >= 0.3 is 0 Å². The monoisotopic (exact) mass is 267 g/mol. The first-order valence-electron chi connectivity index (χ1n) is 7.25. The first-order chi connectivity index (χ1) is 9.01. The van der Waals surface area contributed by atoms with Gasteiger partial charge in [-0.15, -0.1) is 0 Å². The van der Waals surface area contributed by atoms with Crippen molar-refractivity contribution in [3.05, 3.63) is 12.2 Å². The molecule has 1 aromatic rings. The molecule has 110 valence electrons. The van der Waals surface area contributed by atoms with Crippen LogP contribution in [0.5, 0.6) is 0 Å². The average molecular weight is 267 g/mol. The van der Waals surface area contributed by atoms with Gasteiger partial charge in [0.2, 0.25) is 0 Å². The fraction of sp³-hybridized carbons (Fsp3) is 0.857. The van der Waals surface area contributed by atoms with E-state index >= 15 is 0 Å². The van der Waals surface area contributed by atoms with Crippen LogP contribution in [0, 0.1) is 0 Å². The Kier molecular flexibility index (Phi) is 5.94. The van der Waals surface area contributed by atoms with Gasteiger partial charge in [-0.05, 0) is 33.5 Å². The second-order valence-electron chi connectivity index (χ2n) is 5.32. The van der Waals surface area contributed by atoms with Crippen LogP contribution >= 0.6 is 0 Å². The molecule has 1 rings (SSSR count). The first-order valence-corrected chi connectivity index (χ1v) is 7.25. The summed E-state index contributed by atoms with van der Waals surface area (Å²) in [6.45, 7) is 7.67. The zero-order valence-electron chi connectivity index (χ0n) is 13.3. The van der Waals surface area contributed by atoms with Gasteiger partial charge in [-0.1, -0.05) is 20.8 Å². The Balaban J connectivity index is 3.00. The fourth-order valence-corrected chi connectivity index (χ4v) is 3.07. The number of nitrogens with zero attached hydrogens (tertiary/aromatic N) is 4. The summed E-state index contributed by atoms with van der Waals surface area (Å²) in [7, 11) is 6.31. The summed E-state index contributed by atoms with van der Waals surface area (Å²) in [6.07, 6.45) is 4.77. The third-order valence-electron chi connectivity index (χ3n) is 4.41. The highest BCUT2D eigenvalue weighted by Crippen LogP contribution is 2.27. The van der Waals surface area contributed by atoms with Crippen LogP contribution in [0.1, 0.15) is 39.4 Å². The van der Waals surface area contributed by atoms with E-state index < -0.39 is 0 Å². The predicted octanol–water partition coefficient (Wildman–Crippen LogP) is 1.46. The van der Waals surface area contributed by atoms with Crippen molar-refractivity contribution in [3.8, 4) is 0 Å². The van der Waals surface area contributed by atoms with E-state index in [1.807, 2.05) is 11.7 Å². The molecular weight excluding hydrogens is 238 g/mol. The topological polar surface area (TPSA) is 46.0 Å². The molecule has 1 aromatic heterocycles. The average Bonchev–Trinajstić information content (AvgIpc) is 2.77. The number of likely N-dealkylation sites (N-methyl/N-ethyl adjacent to an activating group) is 2. The second-order valence-corrected chi connectivity index (χ2v) is 5.32. The van der Waals surface area contributed by atoms with Crippen molar-refractivity contribution in [2.75, 3.05) is 20.6 Å². The minimum Gasteiger partial charge on any atom is -0.312 e. The van der Waals surface area contributed by atoms with Gasteiger partial charge in [0.15, 0.2) is 0 Å². The molecule has 5 heteroatoms. The van der Waals surface area contributed by atoms with Gasteiger partial charge in [-0.25, -0.2) is 4.98 Å². The molecule has 0 spiro atoms. The highest BCUT2D eigenvalue weighted by molar-refractivity contribution is 5.02. The molecule has 5 nitrogen and oxygen atoms in total. The van der Waals surface area contributed by atoms with E-state index in [1.165, 1.54) is 0 Å². The minimum atomic E-state index is 0.155. The maximum absolute atomic E-state index is 4.37. The summed E-state index contributed by atoms with van der Waals surface area (Å²) in [5.41, 5.74) is 0.155. The summed E-state index contributed by atoms with van der Waals surface area (Å²) in [6, 6.07) is 0.380. The van der Waals surface area contributed by atoms with Crippen LogP contribution < -0.4 is 5.32 Å². The van der Waals surface area contributed by atoms with Crippen LogP contribution in [0.25, 0.3) is 0 Å². The molecule has 1 atom stereocenters. The van der Waals surface area contributed by atoms with Crippen LogP contribution in [0.15, 0.2) is 6.33 Å². The first kappa shape index (κ1) is 16.1. The predicted molar refractivity (Wildman–Crippen MR) is 79.2 cm³/mol. The summed E-state index contributed by atoms with van der Waals surface area (Å²) in [4.78, 5) is 6.73. The summed E-state index contributed by atoms with van der Waals surface area (Å²) in [5, 5.41) is 7.82. The van der Waals surface area contributed by atoms with E-state index in [4.69, 9.17) is 0 Å². The highest BCUT2D eigenvalue weighted by Gasteiger charge is 2.37. The molecule has 0 aromatic carbocycles. The van der Waals surface area contributed by atoms with E-state index in [0.717, 1.165) is 31.6 Å². The molecule has 0 fully saturated rings. The smallest absolute Gasteiger partial charge is 0.138 e. The van der Waals surface area contributed by atoms with Crippen molar-refractivity contribution >= 4 is 0 Å². The van der Waals surface area contributed by atoms with Gasteiger partial charge in [-0.3, -0.25) is 4.68 Å². The normalized spacial score (nSPS) is 14.1. The lowest BCUT2D eigenvalue weighted by Gasteiger charge is -2.45. The van der Waals surface area contributed by atoms with Crippen molar-refractivity contribution in [3.63, 3.8) is 0 Å². The maximum Gasteiger partial charge on any atom is 0.138 e. The molecule has 0 aliphatic carbocycles. The Hall–Kier alpha value is -0.940. The van der Waals surface area contributed by atoms with Crippen LogP contribution in [0.3, 0.4) is 0 Å². The number of hydrogen-bond donors (Lipinski definition) is 1. The van der Waals surface area contributed by atoms with Gasteiger partial charge in [0.1, 0.15) is 12.2 Å². The number of aromatic nitrogens is 3. The summed E-state index contributed by atoms with van der Waals surface area (Å²) < 4.78 is 1.87. The second kappa shape index (κ2) is 7.01. The third kappa shape index (κ3) is 3.34. The van der Waals surface area contributed by atoms with Gasteiger partial charge in [-0.2, -0.15) is 5.10 Å². The summed E-state index contributed by atoms with van der Waals surface area (Å²) >= 11 is 0. The Bertz CT molecular complexity index is 368. The SMILES string of the molecule is CCNC(Cc1ncnn1C)C(CC)(CC)N(C)C. The number of nitrogens with one attached hydrogen (secondary N) is 1. The van der Waals surface area contributed by atoms with Gasteiger partial charge < -0.3 is 10.2 Å². The quantitative estimate of drug-likeness (QED) is 0.774. The third-order valence-corrected chi connectivity index (χ3v) is 4.41. The van der Waals surface area contributed by atoms with E-state index in [-0.39, 0.29) is 5.54 Å². The van der Waals surface area contributed by atoms with Crippen molar-refractivity contribution in [2.24, 2.45) is 7.05 Å². The Morgan fingerprint density at radius 3 is 2.32 bits per heavy atom. The van der Waals surface area contributed by atoms with Gasteiger partial charge in [0.05, 0.1) is 0 Å². The van der Waals surface area contributed by atoms with Crippen molar-refractivity contribution in [1.29, 1.82) is 0 Å². The van der Waals surface area contributed by atoms with Gasteiger partial charge in [0, 0.05) is 25.0 Å². The van der Waals surface area contributed by atoms with Crippen LogP contribution in [0.4, 0.5) is 0 Å². The van der Waals surface area contributed by atoms with Crippen LogP contribution in [-0.2, 0) is 13.5 Å². The van der Waals surface area contributed by atoms with E-state index in [0.29, 0.717) is 6.04 Å². The standard InChI is InChI=1S/C14H29N5/c1-7-14(8-2,18(4)5)12(15-9-3)10-13-16-11-17-19(13)6/h11-12,15H,7-10H2,1-6H3. The molecule has 0 saturated heterocycles. The molecule has 0 saturated carbocycles. The number of aryl methyl sites for hydroxylation is 1. The Morgan fingerprint density at radius 1 is 1.32 bits per heavy atom. The van der Waals surface area contributed by atoms with Crippen molar-refractivity contribution in [1.82, 2.24) is 25.0 Å². The van der Waals surface area contributed by atoms with E-state index in [2.05, 4.69) is 55.2 Å². The maximum atomic E-state index is 4.37. The zero-order chi connectivity index (χ0) is 14.5. The molecule has 0 radical (unpaired) electrons. The lowest BCUT2D eigenvalue weighted by atomic mass is 9.81. The number of hydrogen-bond acceptors (Lipinski definition) is 4. The molecule has 0 aliphatic rings. The molecule has 0 amide bonds. The lowest BCUT2D eigenvalue weighted by Crippen LogP contribution is -2.59. The molecule has 1 unspecified atom stereocenters. The van der Waals surface area contributed by atoms with Crippen molar-refractivity contribution < 1.29 is 0 Å². The van der Waals surface area contributed by atoms with Gasteiger partial charge in [0.25, 0.3) is 0 Å². The Labute approximate surface area is 117 Å². The van der Waals surface area contributed by atoms with Crippen LogP contribution in [0.2, 0.25) is 0 Å². The fourth-order valence-electron chi connectivity index (χ4n) is 3.07. The van der Waals surface area contributed by atoms with Crippen LogP contribution in [-0.4, -0.2) is 51.9 Å². The molecular formula is C14H29N5. The van der Waals surface area contributed by atoms with E-state index in [1.54, 1.807) is 6.33 Å². The highest BCUT2D eigenvalue weighted by atomic mass is 15.3. The lowest BCUT2D eigenvalue weighted by molar-refractivity contribution is 0.0876. The molecule has 1 heterocycles. The Morgan fingerprint density at radius 2 is 1.95 bits per heavy atom. The molecule has 1 N–H and O–H groups in total. The summed E-state index contributed by atoms with van der Waals surface area (Å²) in [5.74, 6) is 1.04. The zero-order valence-corrected chi connectivity index (χ0v) is 13.3.